The van der Waals surface area contributed by atoms with Gasteiger partial charge in [-0.15, -0.1) is 0 Å². The van der Waals surface area contributed by atoms with Crippen molar-refractivity contribution in [2.24, 2.45) is 0 Å². The molecule has 0 spiro atoms. The molecule has 0 saturated carbocycles. The van der Waals surface area contributed by atoms with Crippen molar-refractivity contribution in [2.75, 3.05) is 6.54 Å². The molecule has 0 saturated heterocycles. The molecule has 1 aromatic carbocycles. The van der Waals surface area contributed by atoms with Crippen molar-refractivity contribution < 1.29 is 13.2 Å². The number of nitrogens with zero attached hydrogens (tertiary/aromatic N) is 1. The van der Waals surface area contributed by atoms with E-state index in [2.05, 4.69) is 9.71 Å². The molecule has 6 heteroatoms. The second-order valence-electron chi connectivity index (χ2n) is 4.94. The molecule has 0 amide bonds. The molecule has 0 aliphatic rings. The average molecular weight is 318 g/mol. The number of hydrogen-bond donors (Lipinski definition) is 1. The SMILES string of the molecule is CC(=O)c1ccc(S(=O)(=O)NCCCc2cccnc2)cc1. The van der Waals surface area contributed by atoms with Crippen LogP contribution in [0, 0.1) is 0 Å². The van der Waals surface area contributed by atoms with Crippen LogP contribution in [0.15, 0.2) is 53.7 Å². The van der Waals surface area contributed by atoms with Crippen molar-refractivity contribution in [1.29, 1.82) is 0 Å². The molecule has 1 aromatic heterocycles. The molecule has 0 bridgehead atoms. The lowest BCUT2D eigenvalue weighted by molar-refractivity contribution is 0.101. The van der Waals surface area contributed by atoms with Gasteiger partial charge in [0.15, 0.2) is 5.78 Å². The van der Waals surface area contributed by atoms with E-state index in [1.54, 1.807) is 12.4 Å². The summed E-state index contributed by atoms with van der Waals surface area (Å²) in [7, 11) is -3.53. The number of carbonyl (C=O) groups is 1. The summed E-state index contributed by atoms with van der Waals surface area (Å²) in [5.74, 6) is -0.0895. The van der Waals surface area contributed by atoms with Crippen molar-refractivity contribution in [3.05, 3.63) is 59.9 Å². The van der Waals surface area contributed by atoms with Crippen molar-refractivity contribution in [3.8, 4) is 0 Å². The van der Waals surface area contributed by atoms with Gasteiger partial charge in [0.2, 0.25) is 10.0 Å². The molecule has 2 aromatic rings. The number of aromatic nitrogens is 1. The monoisotopic (exact) mass is 318 g/mol. The van der Waals surface area contributed by atoms with Gasteiger partial charge in [0.1, 0.15) is 0 Å². The molecule has 0 unspecified atom stereocenters. The fourth-order valence-corrected chi connectivity index (χ4v) is 3.07. The zero-order valence-electron chi connectivity index (χ0n) is 12.3. The van der Waals surface area contributed by atoms with E-state index in [4.69, 9.17) is 0 Å². The maximum atomic E-state index is 12.1. The summed E-state index contributed by atoms with van der Waals surface area (Å²) in [6.45, 7) is 1.80. The van der Waals surface area contributed by atoms with Gasteiger partial charge < -0.3 is 0 Å². The minimum Gasteiger partial charge on any atom is -0.295 e. The molecule has 22 heavy (non-hydrogen) atoms. The minimum absolute atomic E-state index is 0.0895. The molecule has 1 heterocycles. The number of benzene rings is 1. The van der Waals surface area contributed by atoms with Crippen LogP contribution in [-0.2, 0) is 16.4 Å². The summed E-state index contributed by atoms with van der Waals surface area (Å²) >= 11 is 0. The number of ketones is 1. The van der Waals surface area contributed by atoms with Gasteiger partial charge >= 0.3 is 0 Å². The zero-order chi connectivity index (χ0) is 16.0. The Kier molecular flexibility index (Phi) is 5.41. The quantitative estimate of drug-likeness (QED) is 0.627. The van der Waals surface area contributed by atoms with E-state index in [9.17, 15) is 13.2 Å². The molecule has 5 nitrogen and oxygen atoms in total. The minimum atomic E-state index is -3.53. The summed E-state index contributed by atoms with van der Waals surface area (Å²) in [6, 6.07) is 9.75. The lowest BCUT2D eigenvalue weighted by Gasteiger charge is -2.07. The molecular weight excluding hydrogens is 300 g/mol. The Bertz CT molecular complexity index is 726. The Morgan fingerprint density at radius 2 is 1.91 bits per heavy atom. The first-order chi connectivity index (χ1) is 10.5. The van der Waals surface area contributed by atoms with Gasteiger partial charge in [-0.25, -0.2) is 13.1 Å². The highest BCUT2D eigenvalue weighted by Gasteiger charge is 2.13. The standard InChI is InChI=1S/C16H18N2O3S/c1-13(19)15-6-8-16(9-7-15)22(20,21)18-11-3-5-14-4-2-10-17-12-14/h2,4,6-10,12,18H,3,5,11H2,1H3. The lowest BCUT2D eigenvalue weighted by Crippen LogP contribution is -2.25. The van der Waals surface area contributed by atoms with Crippen LogP contribution < -0.4 is 4.72 Å². The van der Waals surface area contributed by atoms with E-state index in [0.717, 1.165) is 12.0 Å². The Labute approximate surface area is 130 Å². The molecule has 1 N–H and O–H groups in total. The summed E-state index contributed by atoms with van der Waals surface area (Å²) in [5.41, 5.74) is 1.57. The zero-order valence-corrected chi connectivity index (χ0v) is 13.1. The highest BCUT2D eigenvalue weighted by Crippen LogP contribution is 2.11. The number of nitrogens with one attached hydrogen (secondary N) is 1. The largest absolute Gasteiger partial charge is 0.295 e. The second kappa shape index (κ2) is 7.29. The molecule has 116 valence electrons. The Morgan fingerprint density at radius 3 is 2.50 bits per heavy atom. The molecule has 2 rings (SSSR count). The summed E-state index contributed by atoms with van der Waals surface area (Å²) in [6.07, 6.45) is 4.93. The van der Waals surface area contributed by atoms with Crippen LogP contribution in [0.2, 0.25) is 0 Å². The number of pyridine rings is 1. The molecule has 0 atom stereocenters. The van der Waals surface area contributed by atoms with Crippen molar-refractivity contribution in [1.82, 2.24) is 9.71 Å². The van der Waals surface area contributed by atoms with E-state index >= 15 is 0 Å². The fraction of sp³-hybridized carbons (Fsp3) is 0.250. The summed E-state index contributed by atoms with van der Waals surface area (Å²) in [5, 5.41) is 0. The number of sulfonamides is 1. The normalized spacial score (nSPS) is 11.3. The Hall–Kier alpha value is -2.05. The fourth-order valence-electron chi connectivity index (χ4n) is 2.00. The molecule has 0 fully saturated rings. The van der Waals surface area contributed by atoms with Crippen molar-refractivity contribution in [3.63, 3.8) is 0 Å². The van der Waals surface area contributed by atoms with E-state index in [1.165, 1.54) is 31.2 Å². The smallest absolute Gasteiger partial charge is 0.240 e. The Balaban J connectivity index is 1.89. The van der Waals surface area contributed by atoms with Gasteiger partial charge in [0, 0.05) is 24.5 Å². The predicted molar refractivity (Wildman–Crippen MR) is 84.2 cm³/mol. The first-order valence-electron chi connectivity index (χ1n) is 6.98. The number of rotatable bonds is 7. The van der Waals surface area contributed by atoms with E-state index in [0.29, 0.717) is 18.5 Å². The first kappa shape index (κ1) is 16.3. The van der Waals surface area contributed by atoms with Crippen LogP contribution >= 0.6 is 0 Å². The highest BCUT2D eigenvalue weighted by atomic mass is 32.2. The van der Waals surface area contributed by atoms with Crippen LogP contribution in [-0.4, -0.2) is 25.7 Å². The second-order valence-corrected chi connectivity index (χ2v) is 6.71. The highest BCUT2D eigenvalue weighted by molar-refractivity contribution is 7.89. The third-order valence-corrected chi connectivity index (χ3v) is 4.71. The predicted octanol–water partition coefficient (Wildman–Crippen LogP) is 2.20. The van der Waals surface area contributed by atoms with Crippen molar-refractivity contribution in [2.45, 2.75) is 24.7 Å². The summed E-state index contributed by atoms with van der Waals surface area (Å²) in [4.78, 5) is 15.4. The van der Waals surface area contributed by atoms with E-state index in [1.807, 2.05) is 12.1 Å². The average Bonchev–Trinajstić information content (AvgIpc) is 2.53. The lowest BCUT2D eigenvalue weighted by atomic mass is 10.2. The van der Waals surface area contributed by atoms with Crippen LogP contribution in [0.25, 0.3) is 0 Å². The van der Waals surface area contributed by atoms with E-state index < -0.39 is 10.0 Å². The van der Waals surface area contributed by atoms with Crippen molar-refractivity contribution >= 4 is 15.8 Å². The number of aryl methyl sites for hydroxylation is 1. The number of hydrogen-bond acceptors (Lipinski definition) is 4. The topological polar surface area (TPSA) is 76.1 Å². The third-order valence-electron chi connectivity index (χ3n) is 3.23. The molecule has 0 aliphatic carbocycles. The van der Waals surface area contributed by atoms with E-state index in [-0.39, 0.29) is 10.7 Å². The molecular formula is C16H18N2O3S. The number of Topliss-reactive ketones (excluding diaryl/α,β-unsaturated/α-hetero) is 1. The van der Waals surface area contributed by atoms with Gasteiger partial charge in [0.05, 0.1) is 4.90 Å². The van der Waals surface area contributed by atoms with Crippen LogP contribution in [0.5, 0.6) is 0 Å². The first-order valence-corrected chi connectivity index (χ1v) is 8.47. The van der Waals surface area contributed by atoms with Crippen LogP contribution in [0.3, 0.4) is 0 Å². The van der Waals surface area contributed by atoms with Crippen LogP contribution in [0.4, 0.5) is 0 Å². The summed E-state index contributed by atoms with van der Waals surface area (Å²) < 4.78 is 26.8. The Morgan fingerprint density at radius 1 is 1.18 bits per heavy atom. The van der Waals surface area contributed by atoms with Gasteiger partial charge in [-0.3, -0.25) is 9.78 Å². The van der Waals surface area contributed by atoms with Crippen LogP contribution in [0.1, 0.15) is 29.3 Å². The molecule has 0 aliphatic heterocycles. The van der Waals surface area contributed by atoms with Gasteiger partial charge in [0.25, 0.3) is 0 Å². The van der Waals surface area contributed by atoms with Gasteiger partial charge in [-0.05, 0) is 43.5 Å². The maximum absolute atomic E-state index is 12.1. The molecule has 0 radical (unpaired) electrons. The van der Waals surface area contributed by atoms with Gasteiger partial charge in [-0.2, -0.15) is 0 Å². The third kappa shape index (κ3) is 4.47. The number of carbonyl (C=O) groups excluding carboxylic acids is 1. The van der Waals surface area contributed by atoms with Gasteiger partial charge in [-0.1, -0.05) is 18.2 Å². The maximum Gasteiger partial charge on any atom is 0.240 e.